The molecule has 94 valence electrons. The maximum atomic E-state index is 12.1. The van der Waals surface area contributed by atoms with Gasteiger partial charge in [-0.1, -0.05) is 33.6 Å². The lowest BCUT2D eigenvalue weighted by molar-refractivity contribution is -0.132. The molecule has 1 aliphatic heterocycles. The van der Waals surface area contributed by atoms with Gasteiger partial charge in [0.1, 0.15) is 0 Å². The molecule has 0 aromatic rings. The molecule has 3 heteroatoms. The quantitative estimate of drug-likeness (QED) is 0.784. The van der Waals surface area contributed by atoms with Gasteiger partial charge in [0.05, 0.1) is 0 Å². The van der Waals surface area contributed by atoms with Crippen LogP contribution in [0.5, 0.6) is 0 Å². The molecule has 0 spiro atoms. The molecule has 0 bridgehead atoms. The van der Waals surface area contributed by atoms with Crippen molar-refractivity contribution in [3.8, 4) is 0 Å². The minimum atomic E-state index is -0.0387. The highest BCUT2D eigenvalue weighted by molar-refractivity contribution is 5.76. The molecule has 1 fully saturated rings. The summed E-state index contributed by atoms with van der Waals surface area (Å²) in [6.45, 7) is 8.12. The van der Waals surface area contributed by atoms with Gasteiger partial charge in [-0.3, -0.25) is 4.79 Å². The van der Waals surface area contributed by atoms with E-state index in [0.717, 1.165) is 25.9 Å². The van der Waals surface area contributed by atoms with Crippen molar-refractivity contribution in [3.05, 3.63) is 0 Å². The Morgan fingerprint density at radius 1 is 1.19 bits per heavy atom. The van der Waals surface area contributed by atoms with E-state index in [1.165, 1.54) is 12.8 Å². The average molecular weight is 226 g/mol. The van der Waals surface area contributed by atoms with E-state index in [4.69, 9.17) is 5.73 Å². The van der Waals surface area contributed by atoms with Gasteiger partial charge in [-0.25, -0.2) is 0 Å². The third-order valence-corrected chi connectivity index (χ3v) is 3.47. The Morgan fingerprint density at radius 3 is 2.12 bits per heavy atom. The lowest BCUT2D eigenvalue weighted by atomic mass is 9.85. The van der Waals surface area contributed by atoms with E-state index in [9.17, 15) is 4.79 Å². The van der Waals surface area contributed by atoms with Crippen LogP contribution in [0.3, 0.4) is 0 Å². The first-order valence-corrected chi connectivity index (χ1v) is 6.44. The van der Waals surface area contributed by atoms with Crippen LogP contribution in [0.25, 0.3) is 0 Å². The fourth-order valence-corrected chi connectivity index (χ4v) is 1.94. The molecule has 1 amide bonds. The second kappa shape index (κ2) is 5.67. The van der Waals surface area contributed by atoms with E-state index in [0.29, 0.717) is 6.42 Å². The number of nitrogens with zero attached hydrogens (tertiary/aromatic N) is 1. The maximum Gasteiger partial charge on any atom is 0.224 e. The smallest absolute Gasteiger partial charge is 0.224 e. The van der Waals surface area contributed by atoms with Crippen LogP contribution < -0.4 is 5.73 Å². The van der Waals surface area contributed by atoms with E-state index in [1.807, 2.05) is 4.90 Å². The highest BCUT2D eigenvalue weighted by Crippen LogP contribution is 2.21. The normalized spacial score (nSPS) is 20.4. The number of likely N-dealkylation sites (tertiary alicyclic amines) is 1. The van der Waals surface area contributed by atoms with Crippen molar-refractivity contribution in [1.29, 1.82) is 0 Å². The van der Waals surface area contributed by atoms with Gasteiger partial charge in [0.2, 0.25) is 5.91 Å². The number of carbonyl (C=O) groups excluding carboxylic acids is 1. The van der Waals surface area contributed by atoms with Crippen LogP contribution in [0, 0.1) is 5.41 Å². The van der Waals surface area contributed by atoms with E-state index >= 15 is 0 Å². The molecule has 16 heavy (non-hydrogen) atoms. The molecule has 0 aromatic carbocycles. The van der Waals surface area contributed by atoms with Crippen LogP contribution in [0.4, 0.5) is 0 Å². The zero-order valence-electron chi connectivity index (χ0n) is 11.0. The number of rotatable bonds is 2. The topological polar surface area (TPSA) is 46.3 Å². The highest BCUT2D eigenvalue weighted by atomic mass is 16.2. The molecule has 0 aromatic heterocycles. The Morgan fingerprint density at radius 2 is 1.69 bits per heavy atom. The van der Waals surface area contributed by atoms with Crippen molar-refractivity contribution >= 4 is 5.91 Å². The summed E-state index contributed by atoms with van der Waals surface area (Å²) < 4.78 is 0. The third-order valence-electron chi connectivity index (χ3n) is 3.47. The Bertz CT molecular complexity index is 225. The summed E-state index contributed by atoms with van der Waals surface area (Å²) in [5.74, 6) is 0.240. The summed E-state index contributed by atoms with van der Waals surface area (Å²) in [7, 11) is 0. The zero-order valence-corrected chi connectivity index (χ0v) is 11.0. The standard InChI is InChI=1S/C13H26N2O/c1-13(2,3)11(14)10-12(16)15-8-6-4-5-7-9-15/h11H,4-10,14H2,1-3H3. The summed E-state index contributed by atoms with van der Waals surface area (Å²) in [6, 6.07) is -0.0387. The van der Waals surface area contributed by atoms with Crippen LogP contribution in [-0.2, 0) is 4.79 Å². The van der Waals surface area contributed by atoms with E-state index in [-0.39, 0.29) is 17.4 Å². The lowest BCUT2D eigenvalue weighted by Crippen LogP contribution is -2.42. The predicted molar refractivity (Wildman–Crippen MR) is 67.1 cm³/mol. The summed E-state index contributed by atoms with van der Waals surface area (Å²) in [6.07, 6.45) is 5.31. The lowest BCUT2D eigenvalue weighted by Gasteiger charge is -2.29. The summed E-state index contributed by atoms with van der Waals surface area (Å²) in [5.41, 5.74) is 6.07. The maximum absolute atomic E-state index is 12.1. The first-order valence-electron chi connectivity index (χ1n) is 6.44. The van der Waals surface area contributed by atoms with Crippen LogP contribution >= 0.6 is 0 Å². The van der Waals surface area contributed by atoms with Crippen molar-refractivity contribution in [3.63, 3.8) is 0 Å². The van der Waals surface area contributed by atoms with Crippen molar-refractivity contribution in [2.45, 2.75) is 58.9 Å². The molecular formula is C13H26N2O. The Hall–Kier alpha value is -0.570. The first-order chi connectivity index (χ1) is 7.41. The SMILES string of the molecule is CC(C)(C)C(N)CC(=O)N1CCCCCC1. The molecule has 0 saturated carbocycles. The van der Waals surface area contributed by atoms with Crippen molar-refractivity contribution in [2.75, 3.05) is 13.1 Å². The Labute approximate surface area is 99.4 Å². The number of carbonyl (C=O) groups is 1. The number of nitrogens with two attached hydrogens (primary N) is 1. The van der Waals surface area contributed by atoms with Gasteiger partial charge in [0.15, 0.2) is 0 Å². The molecule has 1 saturated heterocycles. The third kappa shape index (κ3) is 4.12. The average Bonchev–Trinajstić information content (AvgIpc) is 2.43. The molecule has 1 heterocycles. The molecule has 2 N–H and O–H groups in total. The van der Waals surface area contributed by atoms with Gasteiger partial charge in [0.25, 0.3) is 0 Å². The van der Waals surface area contributed by atoms with Crippen LogP contribution in [0.2, 0.25) is 0 Å². The molecule has 1 atom stereocenters. The van der Waals surface area contributed by atoms with Gasteiger partial charge in [0, 0.05) is 25.6 Å². The largest absolute Gasteiger partial charge is 0.343 e. The molecule has 3 nitrogen and oxygen atoms in total. The fraction of sp³-hybridized carbons (Fsp3) is 0.923. The van der Waals surface area contributed by atoms with Gasteiger partial charge >= 0.3 is 0 Å². The Kier molecular flexibility index (Phi) is 4.78. The van der Waals surface area contributed by atoms with Gasteiger partial charge in [-0.15, -0.1) is 0 Å². The molecular weight excluding hydrogens is 200 g/mol. The van der Waals surface area contributed by atoms with E-state index < -0.39 is 0 Å². The summed E-state index contributed by atoms with van der Waals surface area (Å²) in [4.78, 5) is 14.1. The fourth-order valence-electron chi connectivity index (χ4n) is 1.94. The van der Waals surface area contributed by atoms with E-state index in [1.54, 1.807) is 0 Å². The Balaban J connectivity index is 2.44. The monoisotopic (exact) mass is 226 g/mol. The zero-order chi connectivity index (χ0) is 12.2. The van der Waals surface area contributed by atoms with Gasteiger partial charge < -0.3 is 10.6 Å². The minimum Gasteiger partial charge on any atom is -0.343 e. The molecule has 1 unspecified atom stereocenters. The van der Waals surface area contributed by atoms with Crippen molar-refractivity contribution in [2.24, 2.45) is 11.1 Å². The second-order valence-corrected chi connectivity index (χ2v) is 5.97. The van der Waals surface area contributed by atoms with Gasteiger partial charge in [-0.2, -0.15) is 0 Å². The van der Waals surface area contributed by atoms with Crippen LogP contribution in [0.1, 0.15) is 52.9 Å². The number of hydrogen-bond donors (Lipinski definition) is 1. The van der Waals surface area contributed by atoms with Crippen LogP contribution in [0.15, 0.2) is 0 Å². The molecule has 1 rings (SSSR count). The molecule has 1 aliphatic rings. The minimum absolute atomic E-state index is 0.0154. The van der Waals surface area contributed by atoms with Crippen molar-refractivity contribution in [1.82, 2.24) is 4.90 Å². The summed E-state index contributed by atoms with van der Waals surface area (Å²) in [5, 5.41) is 0. The molecule has 0 radical (unpaired) electrons. The highest BCUT2D eigenvalue weighted by Gasteiger charge is 2.25. The van der Waals surface area contributed by atoms with Gasteiger partial charge in [-0.05, 0) is 18.3 Å². The summed E-state index contributed by atoms with van der Waals surface area (Å²) >= 11 is 0. The number of amides is 1. The van der Waals surface area contributed by atoms with E-state index in [2.05, 4.69) is 20.8 Å². The van der Waals surface area contributed by atoms with Crippen LogP contribution in [-0.4, -0.2) is 29.9 Å². The molecule has 0 aliphatic carbocycles. The number of hydrogen-bond acceptors (Lipinski definition) is 2. The second-order valence-electron chi connectivity index (χ2n) is 5.97. The predicted octanol–water partition coefficient (Wildman–Crippen LogP) is 2.15. The van der Waals surface area contributed by atoms with Crippen molar-refractivity contribution < 1.29 is 4.79 Å². The first kappa shape index (κ1) is 13.5.